The summed E-state index contributed by atoms with van der Waals surface area (Å²) < 4.78 is 7.54. The minimum absolute atomic E-state index is 0.0914. The van der Waals surface area contributed by atoms with Gasteiger partial charge in [-0.1, -0.05) is 15.9 Å². The van der Waals surface area contributed by atoms with E-state index in [1.807, 2.05) is 12.4 Å². The molecule has 2 aromatic rings. The molecule has 5 rings (SSSR count). The van der Waals surface area contributed by atoms with Gasteiger partial charge in [-0.25, -0.2) is 9.97 Å². The standard InChI is InChI=1S/C21H24BrN3O/c1-21(11-15-10-18(22)4-5-19(15)26-21)17-6-8-25(9-7-17)20-23-12-16(13-24-20)14-2-3-14/h4-5,10,12-14,17H,2-3,6-9,11H2,1H3. The van der Waals surface area contributed by atoms with Crippen molar-refractivity contribution in [2.24, 2.45) is 5.92 Å². The largest absolute Gasteiger partial charge is 0.487 e. The molecule has 1 saturated heterocycles. The van der Waals surface area contributed by atoms with Gasteiger partial charge in [-0.2, -0.15) is 0 Å². The average Bonchev–Trinajstić information content (AvgIpc) is 3.44. The highest BCUT2D eigenvalue weighted by atomic mass is 79.9. The van der Waals surface area contributed by atoms with Crippen LogP contribution in [0.4, 0.5) is 5.95 Å². The smallest absolute Gasteiger partial charge is 0.225 e. The zero-order valence-corrected chi connectivity index (χ0v) is 16.7. The first-order chi connectivity index (χ1) is 12.6. The maximum Gasteiger partial charge on any atom is 0.225 e. The second-order valence-electron chi connectivity index (χ2n) is 8.20. The molecule has 136 valence electrons. The predicted octanol–water partition coefficient (Wildman–Crippen LogP) is 4.73. The Morgan fingerprint density at radius 2 is 1.85 bits per heavy atom. The Balaban J connectivity index is 1.24. The summed E-state index contributed by atoms with van der Waals surface area (Å²) in [4.78, 5) is 11.6. The lowest BCUT2D eigenvalue weighted by Gasteiger charge is -2.40. The van der Waals surface area contributed by atoms with Crippen LogP contribution in [0.15, 0.2) is 35.1 Å². The molecule has 2 aliphatic heterocycles. The summed E-state index contributed by atoms with van der Waals surface area (Å²) in [5, 5.41) is 0. The van der Waals surface area contributed by atoms with Crippen LogP contribution < -0.4 is 9.64 Å². The third-order valence-corrected chi connectivity index (χ3v) is 6.75. The number of hydrogen-bond acceptors (Lipinski definition) is 4. The number of nitrogens with zero attached hydrogens (tertiary/aromatic N) is 3. The molecule has 4 nitrogen and oxygen atoms in total. The third kappa shape index (κ3) is 3.00. The van der Waals surface area contributed by atoms with Gasteiger partial charge in [0.15, 0.2) is 0 Å². The Hall–Kier alpha value is -1.62. The van der Waals surface area contributed by atoms with Crippen LogP contribution in [-0.4, -0.2) is 28.7 Å². The van der Waals surface area contributed by atoms with Gasteiger partial charge in [0.05, 0.1) is 0 Å². The van der Waals surface area contributed by atoms with E-state index >= 15 is 0 Å². The van der Waals surface area contributed by atoms with E-state index in [-0.39, 0.29) is 5.60 Å². The zero-order chi connectivity index (χ0) is 17.7. The molecule has 26 heavy (non-hydrogen) atoms. The first-order valence-corrected chi connectivity index (χ1v) is 10.4. The van der Waals surface area contributed by atoms with Crippen molar-refractivity contribution in [3.8, 4) is 5.75 Å². The third-order valence-electron chi connectivity index (χ3n) is 6.26. The first kappa shape index (κ1) is 16.5. The summed E-state index contributed by atoms with van der Waals surface area (Å²) in [7, 11) is 0. The Labute approximate surface area is 163 Å². The number of anilines is 1. The van der Waals surface area contributed by atoms with Crippen LogP contribution >= 0.6 is 15.9 Å². The minimum Gasteiger partial charge on any atom is -0.487 e. The van der Waals surface area contributed by atoms with E-state index in [2.05, 4.69) is 55.9 Å². The molecule has 0 bridgehead atoms. The van der Waals surface area contributed by atoms with Crippen molar-refractivity contribution >= 4 is 21.9 Å². The first-order valence-electron chi connectivity index (χ1n) is 9.65. The van der Waals surface area contributed by atoms with Crippen LogP contribution in [0.1, 0.15) is 49.7 Å². The SMILES string of the molecule is CC1(C2CCN(c3ncc(C4CC4)cn3)CC2)Cc2cc(Br)ccc2O1. The molecule has 5 heteroatoms. The molecule has 1 unspecified atom stereocenters. The van der Waals surface area contributed by atoms with Gasteiger partial charge in [0.2, 0.25) is 5.95 Å². The summed E-state index contributed by atoms with van der Waals surface area (Å²) in [5.74, 6) is 3.22. The van der Waals surface area contributed by atoms with E-state index in [1.165, 1.54) is 24.0 Å². The Kier molecular flexibility index (Phi) is 3.96. The fourth-order valence-corrected chi connectivity index (χ4v) is 4.90. The summed E-state index contributed by atoms with van der Waals surface area (Å²) in [5.41, 5.74) is 2.54. The molecule has 0 amide bonds. The van der Waals surface area contributed by atoms with Gasteiger partial charge in [0.25, 0.3) is 0 Å². The molecule has 3 aliphatic rings. The molecule has 1 aromatic carbocycles. The number of fused-ring (bicyclic) bond motifs is 1. The van der Waals surface area contributed by atoms with Gasteiger partial charge in [0, 0.05) is 42.3 Å². The van der Waals surface area contributed by atoms with Crippen LogP contribution in [0.3, 0.4) is 0 Å². The molecule has 0 radical (unpaired) electrons. The molecule has 2 fully saturated rings. The highest BCUT2D eigenvalue weighted by Crippen LogP contribution is 2.44. The molecular weight excluding hydrogens is 390 g/mol. The zero-order valence-electron chi connectivity index (χ0n) is 15.1. The lowest BCUT2D eigenvalue weighted by atomic mass is 9.79. The molecular formula is C21H24BrN3O. The number of benzene rings is 1. The molecule has 1 atom stereocenters. The second kappa shape index (κ2) is 6.22. The van der Waals surface area contributed by atoms with Crippen LogP contribution in [0.25, 0.3) is 0 Å². The van der Waals surface area contributed by atoms with Gasteiger partial charge in [-0.3, -0.25) is 0 Å². The number of halogens is 1. The second-order valence-corrected chi connectivity index (χ2v) is 9.11. The summed E-state index contributed by atoms with van der Waals surface area (Å²) >= 11 is 3.57. The van der Waals surface area contributed by atoms with Gasteiger partial charge < -0.3 is 9.64 Å². The Bertz CT molecular complexity index is 813. The summed E-state index contributed by atoms with van der Waals surface area (Å²) in [6, 6.07) is 6.36. The Morgan fingerprint density at radius 1 is 1.12 bits per heavy atom. The highest BCUT2D eigenvalue weighted by Gasteiger charge is 2.43. The maximum absolute atomic E-state index is 6.41. The minimum atomic E-state index is -0.0914. The molecule has 0 spiro atoms. The van der Waals surface area contributed by atoms with E-state index < -0.39 is 0 Å². The van der Waals surface area contributed by atoms with Crippen molar-refractivity contribution in [3.63, 3.8) is 0 Å². The normalized spacial score (nSPS) is 25.8. The molecule has 3 heterocycles. The van der Waals surface area contributed by atoms with E-state index in [4.69, 9.17) is 4.74 Å². The topological polar surface area (TPSA) is 38.2 Å². The maximum atomic E-state index is 6.41. The molecule has 1 saturated carbocycles. The Morgan fingerprint density at radius 3 is 2.54 bits per heavy atom. The van der Waals surface area contributed by atoms with Gasteiger partial charge >= 0.3 is 0 Å². The molecule has 1 aliphatic carbocycles. The molecule has 1 aromatic heterocycles. The van der Waals surface area contributed by atoms with E-state index in [0.29, 0.717) is 5.92 Å². The van der Waals surface area contributed by atoms with Crippen molar-refractivity contribution in [2.75, 3.05) is 18.0 Å². The van der Waals surface area contributed by atoms with Gasteiger partial charge in [-0.05, 0) is 67.9 Å². The number of piperidine rings is 1. The lowest BCUT2D eigenvalue weighted by Crippen LogP contribution is -2.46. The number of ether oxygens (including phenoxy) is 1. The lowest BCUT2D eigenvalue weighted by molar-refractivity contribution is 0.0349. The van der Waals surface area contributed by atoms with Gasteiger partial charge in [0.1, 0.15) is 11.4 Å². The fourth-order valence-electron chi connectivity index (χ4n) is 4.49. The van der Waals surface area contributed by atoms with Crippen molar-refractivity contribution in [2.45, 2.75) is 50.5 Å². The number of rotatable bonds is 3. The fraction of sp³-hybridized carbons (Fsp3) is 0.524. The van der Waals surface area contributed by atoms with Crippen molar-refractivity contribution in [1.82, 2.24) is 9.97 Å². The van der Waals surface area contributed by atoms with E-state index in [0.717, 1.165) is 54.4 Å². The van der Waals surface area contributed by atoms with Crippen molar-refractivity contribution in [3.05, 3.63) is 46.2 Å². The quantitative estimate of drug-likeness (QED) is 0.728. The van der Waals surface area contributed by atoms with Crippen LogP contribution in [0, 0.1) is 5.92 Å². The highest BCUT2D eigenvalue weighted by molar-refractivity contribution is 9.10. The predicted molar refractivity (Wildman–Crippen MR) is 106 cm³/mol. The summed E-state index contributed by atoms with van der Waals surface area (Å²) in [6.45, 7) is 4.29. The van der Waals surface area contributed by atoms with E-state index in [9.17, 15) is 0 Å². The van der Waals surface area contributed by atoms with Crippen LogP contribution in [0.5, 0.6) is 5.75 Å². The van der Waals surface area contributed by atoms with E-state index in [1.54, 1.807) is 0 Å². The molecule has 0 N–H and O–H groups in total. The van der Waals surface area contributed by atoms with Crippen LogP contribution in [-0.2, 0) is 6.42 Å². The monoisotopic (exact) mass is 413 g/mol. The summed E-state index contributed by atoms with van der Waals surface area (Å²) in [6.07, 6.45) is 9.90. The van der Waals surface area contributed by atoms with Crippen molar-refractivity contribution in [1.29, 1.82) is 0 Å². The van der Waals surface area contributed by atoms with Crippen LogP contribution in [0.2, 0.25) is 0 Å². The number of aromatic nitrogens is 2. The average molecular weight is 414 g/mol. The van der Waals surface area contributed by atoms with Crippen molar-refractivity contribution < 1.29 is 4.74 Å². The number of hydrogen-bond donors (Lipinski definition) is 0. The van der Waals surface area contributed by atoms with Gasteiger partial charge in [-0.15, -0.1) is 0 Å².